The Balaban J connectivity index is 2.48. The second kappa shape index (κ2) is 10.7. The highest BCUT2D eigenvalue weighted by Gasteiger charge is 2.13. The fourth-order valence-electron chi connectivity index (χ4n) is 1.89. The third-order valence-corrected chi connectivity index (χ3v) is 3.79. The summed E-state index contributed by atoms with van der Waals surface area (Å²) < 4.78 is 5.58. The lowest BCUT2D eigenvalue weighted by Gasteiger charge is -2.14. The predicted octanol–water partition coefficient (Wildman–Crippen LogP) is 2.31. The molecule has 0 heterocycles. The highest BCUT2D eigenvalue weighted by Crippen LogP contribution is 2.10. The summed E-state index contributed by atoms with van der Waals surface area (Å²) in [7, 11) is 0. The maximum Gasteiger partial charge on any atom is 0.237 e. The third kappa shape index (κ3) is 6.98. The second-order valence-electron chi connectivity index (χ2n) is 4.93. The van der Waals surface area contributed by atoms with E-state index in [0.29, 0.717) is 19.6 Å². The van der Waals surface area contributed by atoms with Gasteiger partial charge in [0.2, 0.25) is 5.91 Å². The molecule has 21 heavy (non-hydrogen) atoms. The summed E-state index contributed by atoms with van der Waals surface area (Å²) in [6.45, 7) is 3.91. The van der Waals surface area contributed by atoms with Gasteiger partial charge in [-0.1, -0.05) is 31.2 Å². The molecular weight excluding hydrogens is 284 g/mol. The highest BCUT2D eigenvalue weighted by atomic mass is 32.2. The zero-order chi connectivity index (χ0) is 15.5. The number of rotatable bonds is 10. The summed E-state index contributed by atoms with van der Waals surface area (Å²) in [4.78, 5) is 11.9. The van der Waals surface area contributed by atoms with Crippen LogP contribution in [-0.4, -0.2) is 30.6 Å². The van der Waals surface area contributed by atoms with Crippen LogP contribution in [0, 0.1) is 0 Å². The van der Waals surface area contributed by atoms with E-state index in [9.17, 15) is 4.79 Å². The molecule has 0 aliphatic heterocycles. The first-order valence-electron chi connectivity index (χ1n) is 7.35. The molecule has 1 atom stereocenters. The topological polar surface area (TPSA) is 64.3 Å². The van der Waals surface area contributed by atoms with E-state index < -0.39 is 6.04 Å². The van der Waals surface area contributed by atoms with E-state index >= 15 is 0 Å². The number of benzene rings is 1. The fourth-order valence-corrected chi connectivity index (χ4v) is 2.38. The minimum atomic E-state index is -0.430. The summed E-state index contributed by atoms with van der Waals surface area (Å²) in [6, 6.07) is 7.57. The fraction of sp³-hybridized carbons (Fsp3) is 0.562. The van der Waals surface area contributed by atoms with Crippen molar-refractivity contribution in [2.24, 2.45) is 5.73 Å². The van der Waals surface area contributed by atoms with E-state index in [4.69, 9.17) is 10.5 Å². The molecule has 0 fully saturated rings. The first-order valence-corrected chi connectivity index (χ1v) is 8.75. The van der Waals surface area contributed by atoms with E-state index in [0.717, 1.165) is 29.9 Å². The Morgan fingerprint density at radius 1 is 1.38 bits per heavy atom. The molecule has 1 aromatic rings. The molecule has 0 aliphatic rings. The summed E-state index contributed by atoms with van der Waals surface area (Å²) in [5.41, 5.74) is 8.05. The zero-order valence-electron chi connectivity index (χ0n) is 12.9. The Hall–Kier alpha value is -1.04. The lowest BCUT2D eigenvalue weighted by atomic mass is 10.1. The number of carbonyl (C=O) groups excluding carboxylic acids is 1. The number of amides is 1. The third-order valence-electron chi connectivity index (χ3n) is 3.15. The standard InChI is InChI=1S/C16H26N2O2S/c1-3-9-20-12-14-7-5-4-6-13(14)11-18-16(19)15(17)8-10-21-2/h4-7,15H,3,8-12,17H2,1-2H3,(H,18,19)/t15-/m0/s1. The predicted molar refractivity (Wildman–Crippen MR) is 89.2 cm³/mol. The first-order chi connectivity index (χ1) is 10.2. The van der Waals surface area contributed by atoms with Gasteiger partial charge >= 0.3 is 0 Å². The molecule has 0 saturated heterocycles. The van der Waals surface area contributed by atoms with Crippen LogP contribution in [0.1, 0.15) is 30.9 Å². The molecule has 0 saturated carbocycles. The lowest BCUT2D eigenvalue weighted by Crippen LogP contribution is -2.40. The smallest absolute Gasteiger partial charge is 0.237 e. The van der Waals surface area contributed by atoms with Gasteiger partial charge in [0.15, 0.2) is 0 Å². The van der Waals surface area contributed by atoms with Gasteiger partial charge in [-0.05, 0) is 36.0 Å². The number of hydrogen-bond acceptors (Lipinski definition) is 4. The molecule has 0 aromatic heterocycles. The number of thioether (sulfide) groups is 1. The summed E-state index contributed by atoms with van der Waals surface area (Å²) in [5.74, 6) is 0.809. The number of hydrogen-bond donors (Lipinski definition) is 2. The first kappa shape index (κ1) is 18.0. The van der Waals surface area contributed by atoms with Gasteiger partial charge in [-0.25, -0.2) is 0 Å². The van der Waals surface area contributed by atoms with Gasteiger partial charge in [-0.15, -0.1) is 0 Å². The minimum Gasteiger partial charge on any atom is -0.377 e. The molecule has 1 rings (SSSR count). The van der Waals surface area contributed by atoms with Gasteiger partial charge in [0.1, 0.15) is 0 Å². The zero-order valence-corrected chi connectivity index (χ0v) is 13.7. The normalized spacial score (nSPS) is 12.1. The van der Waals surface area contributed by atoms with Crippen molar-refractivity contribution in [3.8, 4) is 0 Å². The molecule has 5 heteroatoms. The van der Waals surface area contributed by atoms with E-state index in [1.807, 2.05) is 30.5 Å². The number of nitrogens with one attached hydrogen (secondary N) is 1. The molecular formula is C16H26N2O2S. The van der Waals surface area contributed by atoms with E-state index in [2.05, 4.69) is 12.2 Å². The van der Waals surface area contributed by atoms with Gasteiger partial charge in [-0.3, -0.25) is 4.79 Å². The van der Waals surface area contributed by atoms with Crippen molar-refractivity contribution in [2.45, 2.75) is 39.0 Å². The van der Waals surface area contributed by atoms with Gasteiger partial charge in [0.05, 0.1) is 12.6 Å². The van der Waals surface area contributed by atoms with Crippen molar-refractivity contribution in [2.75, 3.05) is 18.6 Å². The van der Waals surface area contributed by atoms with Crippen LogP contribution < -0.4 is 11.1 Å². The van der Waals surface area contributed by atoms with E-state index in [1.54, 1.807) is 11.8 Å². The lowest BCUT2D eigenvalue weighted by molar-refractivity contribution is -0.122. The van der Waals surface area contributed by atoms with Crippen molar-refractivity contribution < 1.29 is 9.53 Å². The molecule has 0 bridgehead atoms. The van der Waals surface area contributed by atoms with Crippen LogP contribution in [0.4, 0.5) is 0 Å². The molecule has 0 unspecified atom stereocenters. The molecule has 118 valence electrons. The van der Waals surface area contributed by atoms with E-state index in [-0.39, 0.29) is 5.91 Å². The van der Waals surface area contributed by atoms with Crippen LogP contribution in [0.5, 0.6) is 0 Å². The van der Waals surface area contributed by atoms with Crippen LogP contribution in [0.15, 0.2) is 24.3 Å². The summed E-state index contributed by atoms with van der Waals surface area (Å²) in [5, 5.41) is 2.91. The number of nitrogens with two attached hydrogens (primary N) is 1. The van der Waals surface area contributed by atoms with Crippen LogP contribution in [-0.2, 0) is 22.7 Å². The Morgan fingerprint density at radius 2 is 2.10 bits per heavy atom. The van der Waals surface area contributed by atoms with Crippen molar-refractivity contribution in [3.05, 3.63) is 35.4 Å². The molecule has 0 radical (unpaired) electrons. The average molecular weight is 310 g/mol. The number of carbonyl (C=O) groups is 1. The molecule has 1 aromatic carbocycles. The van der Waals surface area contributed by atoms with Crippen LogP contribution in [0.3, 0.4) is 0 Å². The SMILES string of the molecule is CCCOCc1ccccc1CNC(=O)[C@@H](N)CCSC. The van der Waals surface area contributed by atoms with Crippen LogP contribution >= 0.6 is 11.8 Å². The van der Waals surface area contributed by atoms with Crippen molar-refractivity contribution in [1.29, 1.82) is 0 Å². The highest BCUT2D eigenvalue weighted by molar-refractivity contribution is 7.98. The van der Waals surface area contributed by atoms with Crippen LogP contribution in [0.25, 0.3) is 0 Å². The Bertz CT molecular complexity index is 426. The van der Waals surface area contributed by atoms with Gasteiger partial charge in [0.25, 0.3) is 0 Å². The second-order valence-corrected chi connectivity index (χ2v) is 5.91. The maximum absolute atomic E-state index is 11.9. The molecule has 3 N–H and O–H groups in total. The van der Waals surface area contributed by atoms with Gasteiger partial charge in [0, 0.05) is 13.2 Å². The van der Waals surface area contributed by atoms with Crippen molar-refractivity contribution in [1.82, 2.24) is 5.32 Å². The van der Waals surface area contributed by atoms with Crippen molar-refractivity contribution >= 4 is 17.7 Å². The Morgan fingerprint density at radius 3 is 2.76 bits per heavy atom. The molecule has 1 amide bonds. The van der Waals surface area contributed by atoms with E-state index in [1.165, 1.54) is 0 Å². The average Bonchev–Trinajstić information content (AvgIpc) is 2.51. The quantitative estimate of drug-likeness (QED) is 0.651. The minimum absolute atomic E-state index is 0.0895. The van der Waals surface area contributed by atoms with Gasteiger partial charge < -0.3 is 15.8 Å². The molecule has 0 spiro atoms. The molecule has 4 nitrogen and oxygen atoms in total. The van der Waals surface area contributed by atoms with Crippen LogP contribution in [0.2, 0.25) is 0 Å². The number of ether oxygens (including phenoxy) is 1. The Kier molecular flexibility index (Phi) is 9.14. The van der Waals surface area contributed by atoms with Gasteiger partial charge in [-0.2, -0.15) is 11.8 Å². The maximum atomic E-state index is 11.9. The summed E-state index contributed by atoms with van der Waals surface area (Å²) in [6.07, 6.45) is 3.72. The summed E-state index contributed by atoms with van der Waals surface area (Å²) >= 11 is 1.70. The largest absolute Gasteiger partial charge is 0.377 e. The Labute approximate surface area is 131 Å². The molecule has 0 aliphatic carbocycles. The monoisotopic (exact) mass is 310 g/mol. The van der Waals surface area contributed by atoms with Crippen molar-refractivity contribution in [3.63, 3.8) is 0 Å².